The maximum atomic E-state index is 12.8. The van der Waals surface area contributed by atoms with Crippen LogP contribution in [0.3, 0.4) is 0 Å². The number of phenolic OH excluding ortho intramolecular Hbond substituents is 1. The molecule has 0 atom stereocenters. The van der Waals surface area contributed by atoms with Gasteiger partial charge in [-0.2, -0.15) is 0 Å². The number of nitrogens with zero attached hydrogens (tertiary/aromatic N) is 1. The summed E-state index contributed by atoms with van der Waals surface area (Å²) in [5.74, 6) is 0.137. The van der Waals surface area contributed by atoms with Crippen LogP contribution in [0.2, 0.25) is 0 Å². The summed E-state index contributed by atoms with van der Waals surface area (Å²) in [5.41, 5.74) is 3.47. The minimum atomic E-state index is -0.0879. The van der Waals surface area contributed by atoms with Crippen LogP contribution in [0.25, 0.3) is 22.1 Å². The minimum Gasteiger partial charge on any atom is -0.507 e. The Morgan fingerprint density at radius 1 is 1.09 bits per heavy atom. The van der Waals surface area contributed by atoms with E-state index in [1.807, 2.05) is 50.2 Å². The second-order valence-electron chi connectivity index (χ2n) is 6.02. The van der Waals surface area contributed by atoms with Crippen LogP contribution in [0, 0.1) is 6.92 Å². The van der Waals surface area contributed by atoms with Crippen molar-refractivity contribution in [2.24, 2.45) is 0 Å². The zero-order chi connectivity index (χ0) is 16.6. The van der Waals surface area contributed by atoms with Crippen LogP contribution in [0.4, 0.5) is 0 Å². The number of hydrogen-bond donors (Lipinski definition) is 1. The molecule has 0 fully saturated rings. The fourth-order valence-electron chi connectivity index (χ4n) is 2.65. The molecule has 1 heterocycles. The van der Waals surface area contributed by atoms with Crippen molar-refractivity contribution in [1.29, 1.82) is 0 Å². The predicted octanol–water partition coefficient (Wildman–Crippen LogP) is 3.54. The van der Waals surface area contributed by atoms with Gasteiger partial charge in [0.1, 0.15) is 17.6 Å². The van der Waals surface area contributed by atoms with Gasteiger partial charge in [-0.1, -0.05) is 29.8 Å². The Balaban J connectivity index is 2.22. The third kappa shape index (κ3) is 2.85. The van der Waals surface area contributed by atoms with E-state index in [9.17, 15) is 9.90 Å². The van der Waals surface area contributed by atoms with Gasteiger partial charge in [-0.25, -0.2) is 0 Å². The van der Waals surface area contributed by atoms with E-state index < -0.39 is 0 Å². The van der Waals surface area contributed by atoms with Crippen molar-refractivity contribution in [2.75, 3.05) is 14.1 Å². The summed E-state index contributed by atoms with van der Waals surface area (Å²) < 4.78 is 5.73. The summed E-state index contributed by atoms with van der Waals surface area (Å²) in [5, 5.41) is 10.6. The van der Waals surface area contributed by atoms with Gasteiger partial charge >= 0.3 is 0 Å². The zero-order valence-corrected chi connectivity index (χ0v) is 13.5. The molecule has 0 amide bonds. The fraction of sp³-hybridized carbons (Fsp3) is 0.211. The average molecular weight is 309 g/mol. The molecule has 0 spiro atoms. The fourth-order valence-corrected chi connectivity index (χ4v) is 2.65. The first-order chi connectivity index (χ1) is 11.0. The Morgan fingerprint density at radius 2 is 1.78 bits per heavy atom. The molecule has 1 aromatic heterocycles. The highest BCUT2D eigenvalue weighted by Gasteiger charge is 2.15. The molecule has 4 nitrogen and oxygen atoms in total. The van der Waals surface area contributed by atoms with E-state index in [1.54, 1.807) is 12.1 Å². The number of fused-ring (bicyclic) bond motifs is 1. The summed E-state index contributed by atoms with van der Waals surface area (Å²) in [6.07, 6.45) is 1.48. The molecule has 0 bridgehead atoms. The third-order valence-electron chi connectivity index (χ3n) is 3.86. The van der Waals surface area contributed by atoms with Gasteiger partial charge in [-0.3, -0.25) is 4.79 Å². The minimum absolute atomic E-state index is 0.0879. The van der Waals surface area contributed by atoms with E-state index in [0.29, 0.717) is 28.6 Å². The van der Waals surface area contributed by atoms with Crippen LogP contribution >= 0.6 is 0 Å². The molecule has 3 rings (SSSR count). The maximum Gasteiger partial charge on any atom is 0.200 e. The van der Waals surface area contributed by atoms with Crippen molar-refractivity contribution < 1.29 is 9.52 Å². The van der Waals surface area contributed by atoms with Crippen molar-refractivity contribution in [3.8, 4) is 16.9 Å². The molecule has 3 aromatic rings. The Bertz CT molecular complexity index is 908. The van der Waals surface area contributed by atoms with Crippen LogP contribution in [0.1, 0.15) is 11.1 Å². The van der Waals surface area contributed by atoms with Gasteiger partial charge in [-0.05, 0) is 38.7 Å². The van der Waals surface area contributed by atoms with Gasteiger partial charge in [0, 0.05) is 6.54 Å². The number of aromatic hydroxyl groups is 1. The zero-order valence-electron chi connectivity index (χ0n) is 13.5. The highest BCUT2D eigenvalue weighted by atomic mass is 16.3. The molecular formula is C19H19NO3. The van der Waals surface area contributed by atoms with E-state index >= 15 is 0 Å². The van der Waals surface area contributed by atoms with E-state index in [1.165, 1.54) is 6.26 Å². The molecule has 0 aliphatic rings. The summed E-state index contributed by atoms with van der Waals surface area (Å²) in [7, 11) is 3.80. The Labute approximate surface area is 134 Å². The highest BCUT2D eigenvalue weighted by molar-refractivity contribution is 5.85. The first-order valence-corrected chi connectivity index (χ1v) is 7.45. The number of rotatable bonds is 3. The lowest BCUT2D eigenvalue weighted by molar-refractivity contribution is 0.384. The highest BCUT2D eigenvalue weighted by Crippen LogP contribution is 2.28. The molecule has 0 aliphatic heterocycles. The normalized spacial score (nSPS) is 11.3. The first kappa shape index (κ1) is 15.3. The number of hydrogen-bond acceptors (Lipinski definition) is 4. The van der Waals surface area contributed by atoms with Crippen molar-refractivity contribution >= 4 is 11.0 Å². The second-order valence-corrected chi connectivity index (χ2v) is 6.02. The van der Waals surface area contributed by atoms with E-state index in [0.717, 1.165) is 11.1 Å². The molecule has 0 saturated carbocycles. The van der Waals surface area contributed by atoms with E-state index in [2.05, 4.69) is 0 Å². The van der Waals surface area contributed by atoms with E-state index in [4.69, 9.17) is 4.42 Å². The van der Waals surface area contributed by atoms with Crippen LogP contribution < -0.4 is 5.43 Å². The molecule has 1 N–H and O–H groups in total. The summed E-state index contributed by atoms with van der Waals surface area (Å²) in [6.45, 7) is 2.50. The molecule has 118 valence electrons. The number of benzene rings is 2. The van der Waals surface area contributed by atoms with Gasteiger partial charge < -0.3 is 14.4 Å². The summed E-state index contributed by atoms with van der Waals surface area (Å²) in [6, 6.07) is 10.9. The quantitative estimate of drug-likeness (QED) is 0.804. The predicted molar refractivity (Wildman–Crippen MR) is 91.7 cm³/mol. The molecule has 2 aromatic carbocycles. The van der Waals surface area contributed by atoms with Gasteiger partial charge in [0.15, 0.2) is 0 Å². The Morgan fingerprint density at radius 3 is 2.43 bits per heavy atom. The standard InChI is InChI=1S/C19H19NO3/c1-12-4-6-13(7-5-12)16-11-23-19-14(18(16)22)8-9-17(21)15(19)10-20(2)3/h4-9,11,21H,10H2,1-3H3. The Hall–Kier alpha value is -2.59. The molecule has 0 saturated heterocycles. The average Bonchev–Trinajstić information content (AvgIpc) is 2.51. The van der Waals surface area contributed by atoms with E-state index in [-0.39, 0.29) is 11.2 Å². The molecule has 0 radical (unpaired) electrons. The smallest absolute Gasteiger partial charge is 0.200 e. The SMILES string of the molecule is Cc1ccc(-c2coc3c(CN(C)C)c(O)ccc3c2=O)cc1. The maximum absolute atomic E-state index is 12.8. The summed E-state index contributed by atoms with van der Waals surface area (Å²) in [4.78, 5) is 14.7. The van der Waals surface area contributed by atoms with Crippen molar-refractivity contribution in [1.82, 2.24) is 4.90 Å². The van der Waals surface area contributed by atoms with Gasteiger partial charge in [0.25, 0.3) is 0 Å². The lowest BCUT2D eigenvalue weighted by atomic mass is 10.0. The third-order valence-corrected chi connectivity index (χ3v) is 3.86. The van der Waals surface area contributed by atoms with Gasteiger partial charge in [0.05, 0.1) is 16.5 Å². The topological polar surface area (TPSA) is 53.7 Å². The largest absolute Gasteiger partial charge is 0.507 e. The summed E-state index contributed by atoms with van der Waals surface area (Å²) >= 11 is 0. The van der Waals surface area contributed by atoms with Crippen LogP contribution in [0.15, 0.2) is 51.9 Å². The molecular weight excluding hydrogens is 290 g/mol. The monoisotopic (exact) mass is 309 g/mol. The van der Waals surface area contributed by atoms with Crippen LogP contribution in [0.5, 0.6) is 5.75 Å². The number of aryl methyl sites for hydroxylation is 1. The molecule has 0 unspecified atom stereocenters. The Kier molecular flexibility index (Phi) is 3.92. The lowest BCUT2D eigenvalue weighted by Gasteiger charge is -2.13. The van der Waals surface area contributed by atoms with Crippen molar-refractivity contribution in [2.45, 2.75) is 13.5 Å². The van der Waals surface area contributed by atoms with Crippen LogP contribution in [-0.4, -0.2) is 24.1 Å². The van der Waals surface area contributed by atoms with Gasteiger partial charge in [0.2, 0.25) is 5.43 Å². The van der Waals surface area contributed by atoms with Crippen LogP contribution in [-0.2, 0) is 6.54 Å². The van der Waals surface area contributed by atoms with Gasteiger partial charge in [-0.15, -0.1) is 0 Å². The lowest BCUT2D eigenvalue weighted by Crippen LogP contribution is -2.12. The first-order valence-electron chi connectivity index (χ1n) is 7.45. The molecule has 23 heavy (non-hydrogen) atoms. The number of phenols is 1. The second kappa shape index (κ2) is 5.89. The molecule has 4 heteroatoms. The van der Waals surface area contributed by atoms with Crippen molar-refractivity contribution in [3.05, 3.63) is 64.0 Å². The molecule has 0 aliphatic carbocycles. The van der Waals surface area contributed by atoms with Crippen molar-refractivity contribution in [3.63, 3.8) is 0 Å².